The predicted octanol–water partition coefficient (Wildman–Crippen LogP) is 5.09. The Kier molecular flexibility index (Phi) is 5.79. The average Bonchev–Trinajstić information content (AvgIpc) is 2.91. The van der Waals surface area contributed by atoms with Crippen LogP contribution in [0.1, 0.15) is 0 Å². The maximum atomic E-state index is 12.0. The van der Waals surface area contributed by atoms with E-state index in [1.165, 1.54) is 4.57 Å². The number of aromatic hydroxyl groups is 1. The Bertz CT molecular complexity index is 1090. The fourth-order valence-electron chi connectivity index (χ4n) is 2.49. The van der Waals surface area contributed by atoms with Gasteiger partial charge >= 0.3 is 5.91 Å². The van der Waals surface area contributed by atoms with E-state index in [0.29, 0.717) is 26.1 Å². The SMILES string of the molecule is C#CCn1c(O)c(N=NC(=O)COc2ccc(Cl)cc2Br)c2ccccc21. The van der Waals surface area contributed by atoms with Crippen LogP contribution in [0.25, 0.3) is 10.9 Å². The van der Waals surface area contributed by atoms with Crippen LogP contribution in [0.3, 0.4) is 0 Å². The molecule has 0 spiro atoms. The molecule has 27 heavy (non-hydrogen) atoms. The van der Waals surface area contributed by atoms with E-state index in [0.717, 1.165) is 0 Å². The predicted molar refractivity (Wildman–Crippen MR) is 107 cm³/mol. The van der Waals surface area contributed by atoms with Crippen LogP contribution in [0.4, 0.5) is 5.69 Å². The molecule has 1 N–H and O–H groups in total. The first-order chi connectivity index (χ1) is 13.0. The maximum absolute atomic E-state index is 12.0. The Morgan fingerprint density at radius 2 is 2.11 bits per heavy atom. The van der Waals surface area contributed by atoms with Crippen LogP contribution in [0.5, 0.6) is 11.6 Å². The van der Waals surface area contributed by atoms with Gasteiger partial charge in [0.15, 0.2) is 12.3 Å². The van der Waals surface area contributed by atoms with Gasteiger partial charge in [-0.05, 0) is 40.2 Å². The van der Waals surface area contributed by atoms with Crippen molar-refractivity contribution >= 4 is 50.0 Å². The smallest absolute Gasteiger partial charge is 0.302 e. The van der Waals surface area contributed by atoms with Gasteiger partial charge in [-0.1, -0.05) is 35.7 Å². The van der Waals surface area contributed by atoms with Gasteiger partial charge in [-0.15, -0.1) is 16.7 Å². The Balaban J connectivity index is 1.78. The van der Waals surface area contributed by atoms with Gasteiger partial charge in [0.25, 0.3) is 0 Å². The summed E-state index contributed by atoms with van der Waals surface area (Å²) >= 11 is 9.16. The fourth-order valence-corrected chi connectivity index (χ4v) is 3.29. The van der Waals surface area contributed by atoms with Crippen molar-refractivity contribution in [3.63, 3.8) is 0 Å². The topological polar surface area (TPSA) is 76.2 Å². The summed E-state index contributed by atoms with van der Waals surface area (Å²) in [7, 11) is 0. The Labute approximate surface area is 168 Å². The van der Waals surface area contributed by atoms with Gasteiger partial charge in [0.2, 0.25) is 5.88 Å². The molecule has 0 unspecified atom stereocenters. The Morgan fingerprint density at radius 1 is 1.33 bits per heavy atom. The lowest BCUT2D eigenvalue weighted by Gasteiger charge is -2.05. The normalized spacial score (nSPS) is 11.0. The zero-order valence-electron chi connectivity index (χ0n) is 13.9. The summed E-state index contributed by atoms with van der Waals surface area (Å²) in [6.45, 7) is -0.142. The Hall–Kier alpha value is -2.82. The van der Waals surface area contributed by atoms with Crippen molar-refractivity contribution in [1.82, 2.24) is 4.57 Å². The highest BCUT2D eigenvalue weighted by atomic mass is 79.9. The third kappa shape index (κ3) is 4.13. The molecule has 1 aromatic heterocycles. The number of ether oxygens (including phenoxy) is 1. The Morgan fingerprint density at radius 3 is 2.85 bits per heavy atom. The lowest BCUT2D eigenvalue weighted by Crippen LogP contribution is -2.08. The van der Waals surface area contributed by atoms with Crippen molar-refractivity contribution in [3.05, 3.63) is 52.0 Å². The number of aromatic nitrogens is 1. The van der Waals surface area contributed by atoms with Gasteiger partial charge in [0.05, 0.1) is 16.5 Å². The first-order valence-corrected chi connectivity index (χ1v) is 8.94. The van der Waals surface area contributed by atoms with E-state index in [4.69, 9.17) is 22.8 Å². The van der Waals surface area contributed by atoms with Crippen molar-refractivity contribution in [2.75, 3.05) is 6.61 Å². The van der Waals surface area contributed by atoms with Crippen molar-refractivity contribution in [1.29, 1.82) is 0 Å². The highest BCUT2D eigenvalue weighted by Gasteiger charge is 2.16. The molecule has 0 saturated heterocycles. The summed E-state index contributed by atoms with van der Waals surface area (Å²) in [4.78, 5) is 12.0. The third-order valence-corrected chi connectivity index (χ3v) is 4.53. The van der Waals surface area contributed by atoms with E-state index in [-0.39, 0.29) is 24.7 Å². The van der Waals surface area contributed by atoms with Gasteiger partial charge in [0.1, 0.15) is 5.75 Å². The molecule has 0 aliphatic rings. The molecule has 0 aliphatic carbocycles. The largest absolute Gasteiger partial charge is 0.493 e. The molecule has 0 fully saturated rings. The van der Waals surface area contributed by atoms with E-state index in [9.17, 15) is 9.90 Å². The van der Waals surface area contributed by atoms with E-state index in [2.05, 4.69) is 32.1 Å². The molecular weight excluding hydrogens is 434 g/mol. The molecule has 0 bridgehead atoms. The van der Waals surface area contributed by atoms with E-state index >= 15 is 0 Å². The highest BCUT2D eigenvalue weighted by molar-refractivity contribution is 9.10. The molecule has 136 valence electrons. The number of rotatable bonds is 5. The van der Waals surface area contributed by atoms with Gasteiger partial charge in [0, 0.05) is 10.4 Å². The molecule has 6 nitrogen and oxygen atoms in total. The second-order valence-corrected chi connectivity index (χ2v) is 6.73. The number of amides is 1. The molecule has 3 aromatic rings. The number of benzene rings is 2. The lowest BCUT2D eigenvalue weighted by molar-refractivity contribution is -0.120. The summed E-state index contributed by atoms with van der Waals surface area (Å²) < 4.78 is 7.54. The summed E-state index contributed by atoms with van der Waals surface area (Å²) in [6, 6.07) is 12.1. The van der Waals surface area contributed by atoms with Crippen LogP contribution < -0.4 is 4.74 Å². The lowest BCUT2D eigenvalue weighted by atomic mass is 10.2. The molecule has 0 atom stereocenters. The van der Waals surface area contributed by atoms with E-state index in [1.807, 2.05) is 6.07 Å². The van der Waals surface area contributed by atoms with E-state index < -0.39 is 5.91 Å². The van der Waals surface area contributed by atoms with Crippen LogP contribution in [0, 0.1) is 12.3 Å². The van der Waals surface area contributed by atoms with Crippen molar-refractivity contribution in [3.8, 4) is 24.0 Å². The molecule has 2 aromatic carbocycles. The first kappa shape index (κ1) is 19.0. The number of hydrogen-bond acceptors (Lipinski definition) is 4. The molecule has 1 amide bonds. The number of hydrogen-bond donors (Lipinski definition) is 1. The van der Waals surface area contributed by atoms with Crippen LogP contribution in [-0.4, -0.2) is 22.2 Å². The van der Waals surface area contributed by atoms with Crippen LogP contribution >= 0.6 is 27.5 Å². The standard InChI is InChI=1S/C19H13BrClN3O3/c1-2-9-24-15-6-4-3-5-13(15)18(19(24)26)23-22-17(25)11-27-16-8-7-12(21)10-14(16)20/h1,3-8,10,26H,9,11H2. The number of halogens is 2. The van der Waals surface area contributed by atoms with E-state index in [1.54, 1.807) is 36.4 Å². The molecule has 0 radical (unpaired) electrons. The zero-order valence-corrected chi connectivity index (χ0v) is 16.2. The summed E-state index contributed by atoms with van der Waals surface area (Å²) in [5, 5.41) is 19.1. The first-order valence-electron chi connectivity index (χ1n) is 7.77. The van der Waals surface area contributed by atoms with Gasteiger partial charge in [-0.2, -0.15) is 0 Å². The number of carbonyl (C=O) groups is 1. The van der Waals surface area contributed by atoms with Gasteiger partial charge < -0.3 is 9.84 Å². The van der Waals surface area contributed by atoms with Crippen LogP contribution in [0.15, 0.2) is 57.2 Å². The quantitative estimate of drug-likeness (QED) is 0.438. The fraction of sp³-hybridized carbons (Fsp3) is 0.105. The number of fused-ring (bicyclic) bond motifs is 1. The minimum absolute atomic E-state index is 0.146. The number of para-hydroxylation sites is 1. The highest BCUT2D eigenvalue weighted by Crippen LogP contribution is 2.38. The second kappa shape index (κ2) is 8.25. The maximum Gasteiger partial charge on any atom is 0.302 e. The number of terminal acetylenes is 1. The molecule has 0 saturated carbocycles. The number of azo groups is 1. The number of carbonyl (C=O) groups excluding carboxylic acids is 1. The van der Waals surface area contributed by atoms with Crippen molar-refractivity contribution in [2.24, 2.45) is 10.2 Å². The summed E-state index contributed by atoms with van der Waals surface area (Å²) in [5.41, 5.74) is 0.887. The zero-order chi connectivity index (χ0) is 19.4. The minimum atomic E-state index is -0.606. The second-order valence-electron chi connectivity index (χ2n) is 5.44. The third-order valence-electron chi connectivity index (χ3n) is 3.67. The molecule has 3 rings (SSSR count). The van der Waals surface area contributed by atoms with Crippen molar-refractivity contribution in [2.45, 2.75) is 6.54 Å². The summed E-state index contributed by atoms with van der Waals surface area (Å²) in [5.74, 6) is 2.18. The molecule has 1 heterocycles. The molecule has 8 heteroatoms. The minimum Gasteiger partial charge on any atom is -0.493 e. The monoisotopic (exact) mass is 445 g/mol. The van der Waals surface area contributed by atoms with Crippen LogP contribution in [-0.2, 0) is 11.3 Å². The number of nitrogens with zero attached hydrogens (tertiary/aromatic N) is 3. The summed E-state index contributed by atoms with van der Waals surface area (Å²) in [6.07, 6.45) is 5.35. The van der Waals surface area contributed by atoms with Crippen molar-refractivity contribution < 1.29 is 14.6 Å². The average molecular weight is 447 g/mol. The molecule has 0 aliphatic heterocycles. The molecular formula is C19H13BrClN3O3. The van der Waals surface area contributed by atoms with Crippen LogP contribution in [0.2, 0.25) is 5.02 Å². The van der Waals surface area contributed by atoms with Gasteiger partial charge in [-0.3, -0.25) is 9.36 Å². The van der Waals surface area contributed by atoms with Gasteiger partial charge in [-0.25, -0.2) is 0 Å².